The van der Waals surface area contributed by atoms with Gasteiger partial charge in [-0.25, -0.2) is 4.79 Å². The van der Waals surface area contributed by atoms with Crippen molar-refractivity contribution in [1.82, 2.24) is 5.32 Å². The lowest BCUT2D eigenvalue weighted by atomic mass is 9.96. The Labute approximate surface area is 617 Å². The highest BCUT2D eigenvalue weighted by Crippen LogP contribution is 2.45. The first-order valence-electron chi connectivity index (χ1n) is 42.4. The fraction of sp³-hybridized carbons (Fsp3) is 0.703. The van der Waals surface area contributed by atoms with E-state index in [1.54, 1.807) is 6.07 Å². The van der Waals surface area contributed by atoms with Crippen LogP contribution in [0.5, 0.6) is 17.2 Å². The zero-order valence-electron chi connectivity index (χ0n) is 65.3. The van der Waals surface area contributed by atoms with E-state index in [-0.39, 0.29) is 25.0 Å². The van der Waals surface area contributed by atoms with Crippen molar-refractivity contribution < 1.29 is 38.1 Å². The number of anilines is 1. The summed E-state index contributed by atoms with van der Waals surface area (Å²) in [6.45, 7) is 14.5. The number of rotatable bonds is 65. The number of benzene rings is 4. The summed E-state index contributed by atoms with van der Waals surface area (Å²) in [5, 5.41) is 5.99. The molecule has 10 heteroatoms. The number of unbranched alkanes of at least 4 members (excludes halogenated alkanes) is 45. The molecule has 2 amide bonds. The largest absolute Gasteiger partial charge is 0.490 e. The number of alkyl carbamates (subject to hydrolysis) is 1. The van der Waals surface area contributed by atoms with Crippen LogP contribution in [-0.4, -0.2) is 50.4 Å². The van der Waals surface area contributed by atoms with Crippen molar-refractivity contribution in [3.8, 4) is 28.4 Å². The number of para-hydroxylation sites is 1. The van der Waals surface area contributed by atoms with Crippen LogP contribution in [0.25, 0.3) is 11.1 Å². The average Bonchev–Trinajstić information content (AvgIpc) is 1.62. The van der Waals surface area contributed by atoms with Crippen LogP contribution < -0.4 is 24.8 Å². The molecule has 0 aliphatic heterocycles. The summed E-state index contributed by atoms with van der Waals surface area (Å²) in [4.78, 5) is 42.3. The molecule has 4 aromatic carbocycles. The maximum absolute atomic E-state index is 14.3. The van der Waals surface area contributed by atoms with Gasteiger partial charge in [-0.3, -0.25) is 9.59 Å². The first-order valence-corrected chi connectivity index (χ1v) is 42.4. The average molecular weight is 1400 g/mol. The quantitative estimate of drug-likeness (QED) is 0.0331. The normalized spacial score (nSPS) is 12.8. The molecule has 2 N–H and O–H groups in total. The number of carbonyl (C=O) groups excluding carboxylic acids is 3. The smallest absolute Gasteiger partial charge is 0.407 e. The molecule has 1 aliphatic carbocycles. The van der Waals surface area contributed by atoms with Crippen molar-refractivity contribution in [1.29, 1.82) is 0 Å². The van der Waals surface area contributed by atoms with Gasteiger partial charge >= 0.3 is 12.1 Å². The van der Waals surface area contributed by atoms with Crippen molar-refractivity contribution >= 4 is 23.7 Å². The zero-order chi connectivity index (χ0) is 71.8. The van der Waals surface area contributed by atoms with Crippen molar-refractivity contribution in [2.24, 2.45) is 5.92 Å². The minimum atomic E-state index is -0.896. The number of ether oxygens (including phenoxy) is 5. The van der Waals surface area contributed by atoms with Gasteiger partial charge in [0.1, 0.15) is 19.3 Å². The van der Waals surface area contributed by atoms with Crippen LogP contribution in [0.3, 0.4) is 0 Å². The predicted octanol–water partition coefficient (Wildman–Crippen LogP) is 27.3. The van der Waals surface area contributed by atoms with Crippen LogP contribution in [0.15, 0.2) is 84.9 Å². The van der Waals surface area contributed by atoms with E-state index in [9.17, 15) is 14.4 Å². The number of hydrogen-bond acceptors (Lipinski definition) is 8. The lowest BCUT2D eigenvalue weighted by Gasteiger charge is -2.25. The van der Waals surface area contributed by atoms with Gasteiger partial charge in [-0.15, -0.1) is 0 Å². The Morgan fingerprint density at radius 3 is 1.11 bits per heavy atom. The third-order valence-electron chi connectivity index (χ3n) is 21.4. The van der Waals surface area contributed by atoms with Crippen molar-refractivity contribution in [3.05, 3.63) is 107 Å². The minimum absolute atomic E-state index is 0.00205. The Kier molecular flexibility index (Phi) is 48.5. The second-order valence-corrected chi connectivity index (χ2v) is 30.1. The van der Waals surface area contributed by atoms with Gasteiger partial charge in [0.05, 0.1) is 25.7 Å². The Morgan fingerprint density at radius 1 is 0.396 bits per heavy atom. The monoisotopic (exact) mass is 1400 g/mol. The molecule has 10 nitrogen and oxygen atoms in total. The summed E-state index contributed by atoms with van der Waals surface area (Å²) in [6, 6.07) is 26.9. The molecule has 0 aromatic heterocycles. The van der Waals surface area contributed by atoms with Crippen LogP contribution in [0, 0.1) is 5.92 Å². The third kappa shape index (κ3) is 36.7. The second-order valence-electron chi connectivity index (χ2n) is 30.1. The highest BCUT2D eigenvalue weighted by molar-refractivity contribution is 5.98. The van der Waals surface area contributed by atoms with Crippen molar-refractivity contribution in [3.63, 3.8) is 0 Å². The fourth-order valence-electron chi connectivity index (χ4n) is 14.6. The van der Waals surface area contributed by atoms with Crippen LogP contribution in [-0.2, 0) is 25.7 Å². The molecular formula is C91H146N2O8. The highest BCUT2D eigenvalue weighted by atomic mass is 16.6. The molecule has 1 aliphatic rings. The first-order chi connectivity index (χ1) is 49.7. The van der Waals surface area contributed by atoms with E-state index in [4.69, 9.17) is 23.7 Å². The summed E-state index contributed by atoms with van der Waals surface area (Å²) >= 11 is 0. The Balaban J connectivity index is 1.20. The molecule has 0 saturated carbocycles. The molecule has 4 aromatic rings. The number of hydrogen-bond donors (Lipinski definition) is 2. The summed E-state index contributed by atoms with van der Waals surface area (Å²) in [5.74, 6) is 0.0401. The fourth-order valence-corrected chi connectivity index (χ4v) is 14.6. The van der Waals surface area contributed by atoms with Crippen LogP contribution in [0.4, 0.5) is 10.5 Å². The van der Waals surface area contributed by atoms with E-state index >= 15 is 0 Å². The maximum Gasteiger partial charge on any atom is 0.407 e. The van der Waals surface area contributed by atoms with E-state index in [1.165, 1.54) is 270 Å². The van der Waals surface area contributed by atoms with Gasteiger partial charge in [-0.1, -0.05) is 397 Å². The van der Waals surface area contributed by atoms with Gasteiger partial charge in [-0.05, 0) is 83.7 Å². The van der Waals surface area contributed by atoms with Gasteiger partial charge in [0.2, 0.25) is 11.7 Å². The molecule has 0 radical (unpaired) electrons. The molecule has 0 saturated heterocycles. The van der Waals surface area contributed by atoms with E-state index in [1.807, 2.05) is 75.4 Å². The van der Waals surface area contributed by atoms with E-state index in [0.29, 0.717) is 54.7 Å². The van der Waals surface area contributed by atoms with E-state index in [0.717, 1.165) is 66.3 Å². The molecule has 0 fully saturated rings. The summed E-state index contributed by atoms with van der Waals surface area (Å²) in [5.41, 5.74) is 6.37. The number of esters is 1. The van der Waals surface area contributed by atoms with Gasteiger partial charge < -0.3 is 34.3 Å². The highest BCUT2D eigenvalue weighted by Gasteiger charge is 2.32. The summed E-state index contributed by atoms with van der Waals surface area (Å²) in [6.07, 6.45) is 63.0. The molecule has 0 bridgehead atoms. The summed E-state index contributed by atoms with van der Waals surface area (Å²) < 4.78 is 32.4. The van der Waals surface area contributed by atoms with Crippen LogP contribution in [0.2, 0.25) is 0 Å². The van der Waals surface area contributed by atoms with Gasteiger partial charge in [0.15, 0.2) is 11.5 Å². The molecule has 568 valence electrons. The predicted molar refractivity (Wildman–Crippen MR) is 426 cm³/mol. The van der Waals surface area contributed by atoms with Crippen LogP contribution >= 0.6 is 0 Å². The number of carbonyl (C=O) groups is 3. The van der Waals surface area contributed by atoms with Crippen molar-refractivity contribution in [2.45, 2.75) is 381 Å². The lowest BCUT2D eigenvalue weighted by Crippen LogP contribution is -2.48. The molecule has 3 unspecified atom stereocenters. The lowest BCUT2D eigenvalue weighted by molar-refractivity contribution is -0.146. The van der Waals surface area contributed by atoms with Gasteiger partial charge in [0, 0.05) is 11.6 Å². The minimum Gasteiger partial charge on any atom is -0.490 e. The van der Waals surface area contributed by atoms with Crippen molar-refractivity contribution in [2.75, 3.05) is 31.7 Å². The van der Waals surface area contributed by atoms with E-state index < -0.39 is 29.9 Å². The molecule has 0 spiro atoms. The second kappa shape index (κ2) is 56.9. The number of amides is 2. The molecule has 5 rings (SSSR count). The Bertz CT molecular complexity index is 2640. The summed E-state index contributed by atoms with van der Waals surface area (Å²) in [7, 11) is 0. The number of fused-ring (bicyclic) bond motifs is 3. The Hall–Kier alpha value is -5.51. The zero-order valence-corrected chi connectivity index (χ0v) is 65.3. The topological polar surface area (TPSA) is 121 Å². The van der Waals surface area contributed by atoms with Gasteiger partial charge in [0.25, 0.3) is 0 Å². The Morgan fingerprint density at radius 2 is 0.733 bits per heavy atom. The van der Waals surface area contributed by atoms with Crippen LogP contribution in [0.1, 0.15) is 390 Å². The molecular weight excluding hydrogens is 1250 g/mol. The van der Waals surface area contributed by atoms with E-state index in [2.05, 4.69) is 55.7 Å². The molecule has 3 atom stereocenters. The SMILES string of the molecule is CCCCCCCCCCCCCCCCCCOc1cc(COC(=O)C(C)c2ccccc2NC(=O)C(NC(=O)OCC2c3ccccc3-c3ccccc32)C(C)CC)cc(OCCCCCCCCCCCCCCCCCC)c1OCCCCCCCCCCCCCCCCCC. The maximum atomic E-state index is 14.3. The molecule has 0 heterocycles. The first kappa shape index (κ1) is 86.1. The number of nitrogens with one attached hydrogen (secondary N) is 2. The third-order valence-corrected chi connectivity index (χ3v) is 21.4. The molecule has 101 heavy (non-hydrogen) atoms. The van der Waals surface area contributed by atoms with Gasteiger partial charge in [-0.2, -0.15) is 0 Å². The standard InChI is InChI=1S/C91H146N2O8/c1-7-11-14-17-20-23-26-29-32-35-38-41-44-47-50-59-68-97-85-71-77(72-86(98-69-60-51-48-45-42-39-36-33-30-27-24-21-18-15-12-8-2)88(85)99-70-61-52-49-46-43-40-37-34-31-28-25-22-19-16-13-9-3)73-100-90(95)76(6)78-62-57-58-67-84(78)92-89(94)87(75(5)10-4)93-91(96)101-74-83-81-65-55-53-63-79(81)80-64-54-56-66-82(80)83/h53-58,62-67,71-72,75-76,83,87H,7-52,59-61,68-70,73-74H2,1-6H3,(H,92,94)(H,93,96).